The molecule has 8 heteroatoms. The number of aromatic amines is 1. The van der Waals surface area contributed by atoms with E-state index in [2.05, 4.69) is 14.9 Å². The second kappa shape index (κ2) is 9.40. The normalized spacial score (nSPS) is 14.5. The van der Waals surface area contributed by atoms with E-state index in [0.29, 0.717) is 42.2 Å². The van der Waals surface area contributed by atoms with Gasteiger partial charge < -0.3 is 14.6 Å². The number of nitrogens with one attached hydrogen (secondary N) is 1. The molecule has 1 fully saturated rings. The average Bonchev–Trinajstić information content (AvgIpc) is 3.14. The van der Waals surface area contributed by atoms with Crippen LogP contribution in [0.2, 0.25) is 0 Å². The number of hydrogen-bond donors (Lipinski definition) is 1. The number of amides is 1. The maximum atomic E-state index is 13.0. The Morgan fingerprint density at radius 2 is 1.68 bits per heavy atom. The van der Waals surface area contributed by atoms with Crippen molar-refractivity contribution in [1.82, 2.24) is 19.8 Å². The van der Waals surface area contributed by atoms with E-state index >= 15 is 0 Å². The number of fused-ring (bicyclic) bond motifs is 1. The van der Waals surface area contributed by atoms with Crippen molar-refractivity contribution in [3.05, 3.63) is 86.8 Å². The molecule has 1 amide bonds. The smallest absolute Gasteiger partial charge is 0.259 e. The summed E-state index contributed by atoms with van der Waals surface area (Å²) in [4.78, 5) is 39.1. The molecule has 0 atom stereocenters. The molecule has 174 valence electrons. The van der Waals surface area contributed by atoms with E-state index in [4.69, 9.17) is 4.74 Å². The van der Waals surface area contributed by atoms with Gasteiger partial charge in [0.25, 0.3) is 11.5 Å². The van der Waals surface area contributed by atoms with Crippen molar-refractivity contribution in [2.75, 3.05) is 26.2 Å². The molecule has 1 aliphatic heterocycles. The number of nitrogens with zero attached hydrogens (tertiary/aromatic N) is 3. The Kier molecular flexibility index (Phi) is 6.17. The molecule has 34 heavy (non-hydrogen) atoms. The largest absolute Gasteiger partial charge is 0.457 e. The van der Waals surface area contributed by atoms with Crippen molar-refractivity contribution in [3.63, 3.8) is 0 Å². The number of para-hydroxylation sites is 1. The van der Waals surface area contributed by atoms with Gasteiger partial charge in [-0.15, -0.1) is 11.3 Å². The molecule has 0 saturated carbocycles. The lowest BCUT2D eigenvalue weighted by atomic mass is 10.1. The minimum Gasteiger partial charge on any atom is -0.457 e. The van der Waals surface area contributed by atoms with Crippen molar-refractivity contribution in [2.45, 2.75) is 20.4 Å². The van der Waals surface area contributed by atoms with E-state index in [9.17, 15) is 9.59 Å². The van der Waals surface area contributed by atoms with Crippen LogP contribution < -0.4 is 10.3 Å². The zero-order valence-corrected chi connectivity index (χ0v) is 20.0. The van der Waals surface area contributed by atoms with Crippen LogP contribution in [0.3, 0.4) is 0 Å². The SMILES string of the molecule is Cc1sc2nc(CN3CCN(C(=O)c4ccc(Oc5ccccc5)cc4)CC3)[nH]c(=O)c2c1C. The van der Waals surface area contributed by atoms with Crippen molar-refractivity contribution >= 4 is 27.5 Å². The zero-order valence-electron chi connectivity index (χ0n) is 19.2. The van der Waals surface area contributed by atoms with E-state index < -0.39 is 0 Å². The zero-order chi connectivity index (χ0) is 23.7. The summed E-state index contributed by atoms with van der Waals surface area (Å²) in [6.07, 6.45) is 0. The Labute approximate surface area is 201 Å². The van der Waals surface area contributed by atoms with Crippen molar-refractivity contribution in [3.8, 4) is 11.5 Å². The molecule has 0 bridgehead atoms. The monoisotopic (exact) mass is 474 g/mol. The molecule has 5 rings (SSSR count). The van der Waals surface area contributed by atoms with E-state index in [0.717, 1.165) is 34.1 Å². The van der Waals surface area contributed by atoms with Crippen LogP contribution in [0.25, 0.3) is 10.2 Å². The number of thiophene rings is 1. The predicted octanol–water partition coefficient (Wildman–Crippen LogP) is 4.35. The van der Waals surface area contributed by atoms with Gasteiger partial charge in [0.2, 0.25) is 0 Å². The molecule has 1 saturated heterocycles. The first-order valence-corrected chi connectivity index (χ1v) is 12.1. The predicted molar refractivity (Wildman–Crippen MR) is 134 cm³/mol. The van der Waals surface area contributed by atoms with Gasteiger partial charge in [-0.05, 0) is 55.8 Å². The summed E-state index contributed by atoms with van der Waals surface area (Å²) in [6, 6.07) is 16.8. The van der Waals surface area contributed by atoms with Gasteiger partial charge in [0, 0.05) is 36.6 Å². The Morgan fingerprint density at radius 3 is 2.38 bits per heavy atom. The summed E-state index contributed by atoms with van der Waals surface area (Å²) < 4.78 is 5.81. The topological polar surface area (TPSA) is 78.5 Å². The first-order valence-electron chi connectivity index (χ1n) is 11.3. The van der Waals surface area contributed by atoms with Gasteiger partial charge in [-0.2, -0.15) is 0 Å². The third-order valence-corrected chi connectivity index (χ3v) is 7.30. The van der Waals surface area contributed by atoms with Crippen LogP contribution in [0.15, 0.2) is 59.4 Å². The second-order valence-corrected chi connectivity index (χ2v) is 9.69. The van der Waals surface area contributed by atoms with Crippen LogP contribution in [0, 0.1) is 13.8 Å². The number of piperazine rings is 1. The molecule has 2 aromatic heterocycles. The lowest BCUT2D eigenvalue weighted by molar-refractivity contribution is 0.0625. The lowest BCUT2D eigenvalue weighted by Gasteiger charge is -2.34. The van der Waals surface area contributed by atoms with Crippen molar-refractivity contribution in [2.24, 2.45) is 0 Å². The molecule has 0 aliphatic carbocycles. The number of aromatic nitrogens is 2. The molecule has 4 aromatic rings. The highest BCUT2D eigenvalue weighted by atomic mass is 32.1. The van der Waals surface area contributed by atoms with E-state index in [1.165, 1.54) is 0 Å². The highest BCUT2D eigenvalue weighted by Gasteiger charge is 2.23. The molecule has 7 nitrogen and oxygen atoms in total. The average molecular weight is 475 g/mol. The maximum Gasteiger partial charge on any atom is 0.259 e. The van der Waals surface area contributed by atoms with Gasteiger partial charge in [0.1, 0.15) is 22.2 Å². The van der Waals surface area contributed by atoms with Gasteiger partial charge in [0.05, 0.1) is 11.9 Å². The van der Waals surface area contributed by atoms with Gasteiger partial charge in [-0.25, -0.2) is 4.98 Å². The van der Waals surface area contributed by atoms with Crippen LogP contribution in [-0.4, -0.2) is 51.9 Å². The molecule has 3 heterocycles. The number of carbonyl (C=O) groups excluding carboxylic acids is 1. The number of aryl methyl sites for hydroxylation is 2. The maximum absolute atomic E-state index is 13.0. The minimum absolute atomic E-state index is 0.0170. The van der Waals surface area contributed by atoms with Crippen LogP contribution >= 0.6 is 11.3 Å². The molecular weight excluding hydrogens is 448 g/mol. The molecule has 1 aliphatic rings. The van der Waals surface area contributed by atoms with Crippen LogP contribution in [-0.2, 0) is 6.54 Å². The van der Waals surface area contributed by atoms with Gasteiger partial charge >= 0.3 is 0 Å². The highest BCUT2D eigenvalue weighted by Crippen LogP contribution is 2.26. The third-order valence-electron chi connectivity index (χ3n) is 6.20. The van der Waals surface area contributed by atoms with Crippen LogP contribution in [0.4, 0.5) is 0 Å². The van der Waals surface area contributed by atoms with Crippen LogP contribution in [0.5, 0.6) is 11.5 Å². The lowest BCUT2D eigenvalue weighted by Crippen LogP contribution is -2.48. The van der Waals surface area contributed by atoms with Gasteiger partial charge in [0.15, 0.2) is 0 Å². The van der Waals surface area contributed by atoms with E-state index in [1.54, 1.807) is 11.3 Å². The molecule has 0 unspecified atom stereocenters. The number of ether oxygens (including phenoxy) is 1. The summed E-state index contributed by atoms with van der Waals surface area (Å²) in [5, 5.41) is 0.696. The summed E-state index contributed by atoms with van der Waals surface area (Å²) in [5.74, 6) is 2.15. The first-order chi connectivity index (χ1) is 16.5. The van der Waals surface area contributed by atoms with Crippen molar-refractivity contribution < 1.29 is 9.53 Å². The summed E-state index contributed by atoms with van der Waals surface area (Å²) in [7, 11) is 0. The summed E-state index contributed by atoms with van der Waals surface area (Å²) in [6.45, 7) is 7.26. The summed E-state index contributed by atoms with van der Waals surface area (Å²) in [5.41, 5.74) is 1.58. The highest BCUT2D eigenvalue weighted by molar-refractivity contribution is 7.18. The Bertz CT molecular complexity index is 1370. The summed E-state index contributed by atoms with van der Waals surface area (Å²) >= 11 is 1.56. The number of H-pyrrole nitrogens is 1. The van der Waals surface area contributed by atoms with Crippen molar-refractivity contribution in [1.29, 1.82) is 0 Å². The number of benzene rings is 2. The quantitative estimate of drug-likeness (QED) is 0.465. The first kappa shape index (κ1) is 22.3. The number of rotatable bonds is 5. The van der Waals surface area contributed by atoms with Gasteiger partial charge in [-0.3, -0.25) is 14.5 Å². The molecule has 0 radical (unpaired) electrons. The van der Waals surface area contributed by atoms with E-state index in [-0.39, 0.29) is 11.5 Å². The number of carbonyl (C=O) groups is 1. The molecular formula is C26H26N4O3S. The molecule has 0 spiro atoms. The molecule has 1 N–H and O–H groups in total. The third kappa shape index (κ3) is 4.60. The van der Waals surface area contributed by atoms with E-state index in [1.807, 2.05) is 73.3 Å². The minimum atomic E-state index is -0.0737. The Morgan fingerprint density at radius 1 is 1.00 bits per heavy atom. The Balaban J connectivity index is 1.18. The van der Waals surface area contributed by atoms with Gasteiger partial charge in [-0.1, -0.05) is 18.2 Å². The molecule has 2 aromatic carbocycles. The van der Waals surface area contributed by atoms with Crippen LogP contribution in [0.1, 0.15) is 26.6 Å². The Hall–Kier alpha value is -3.49. The fourth-order valence-electron chi connectivity index (χ4n) is 4.17. The number of hydrogen-bond acceptors (Lipinski definition) is 6. The fourth-order valence-corrected chi connectivity index (χ4v) is 5.22. The standard InChI is InChI=1S/C26H26N4O3S/c1-17-18(2)34-25-23(17)24(31)27-22(28-25)16-29-12-14-30(15-13-29)26(32)19-8-10-21(11-9-19)33-20-6-4-3-5-7-20/h3-11H,12-16H2,1-2H3,(H,27,28,31). The second-order valence-electron chi connectivity index (χ2n) is 8.48. The fraction of sp³-hybridized carbons (Fsp3) is 0.269.